The molecule has 0 aliphatic rings. The molecule has 1 aromatic heterocycles. The number of hydrogen-bond acceptors (Lipinski definition) is 3. The average molecular weight is 313 g/mol. The summed E-state index contributed by atoms with van der Waals surface area (Å²) < 4.78 is 28.2. The molecular formula is C17H13F2N3O. The molecule has 0 unspecified atom stereocenters. The number of halogens is 2. The minimum absolute atomic E-state index is 0.0666. The van der Waals surface area contributed by atoms with Gasteiger partial charge in [-0.2, -0.15) is 0 Å². The normalized spacial score (nSPS) is 10.8. The second kappa shape index (κ2) is 5.72. The first-order valence-corrected chi connectivity index (χ1v) is 6.95. The zero-order chi connectivity index (χ0) is 16.6. The number of hydrogen-bond donors (Lipinski definition) is 0. The van der Waals surface area contributed by atoms with Crippen LogP contribution in [0.25, 0.3) is 16.9 Å². The first kappa shape index (κ1) is 15.0. The van der Waals surface area contributed by atoms with Gasteiger partial charge in [0.15, 0.2) is 23.6 Å². The molecule has 0 aliphatic carbocycles. The molecule has 3 rings (SSSR count). The Morgan fingerprint density at radius 2 is 1.83 bits per heavy atom. The van der Waals surface area contributed by atoms with E-state index in [0.717, 1.165) is 28.9 Å². The second-order valence-corrected chi connectivity index (χ2v) is 5.27. The molecule has 0 saturated carbocycles. The highest BCUT2D eigenvalue weighted by Gasteiger charge is 2.18. The lowest BCUT2D eigenvalue weighted by Gasteiger charge is -2.11. The Morgan fingerprint density at radius 1 is 1.04 bits per heavy atom. The lowest BCUT2D eigenvalue weighted by molar-refractivity contribution is 0.111. The molecule has 0 spiro atoms. The summed E-state index contributed by atoms with van der Waals surface area (Å²) in [7, 11) is 0. The first-order valence-electron chi connectivity index (χ1n) is 6.95. The summed E-state index contributed by atoms with van der Waals surface area (Å²) in [5.74, 6) is -1.94. The zero-order valence-corrected chi connectivity index (χ0v) is 12.5. The van der Waals surface area contributed by atoms with Crippen LogP contribution in [0.5, 0.6) is 0 Å². The number of aldehydes is 1. The van der Waals surface area contributed by atoms with Gasteiger partial charge in [-0.1, -0.05) is 17.3 Å². The summed E-state index contributed by atoms with van der Waals surface area (Å²) in [5.41, 5.74) is 3.37. The molecule has 0 radical (unpaired) electrons. The van der Waals surface area contributed by atoms with Crippen LogP contribution in [0.3, 0.4) is 0 Å². The summed E-state index contributed by atoms with van der Waals surface area (Å²) in [6.45, 7) is 3.82. The van der Waals surface area contributed by atoms with Gasteiger partial charge in [-0.15, -0.1) is 5.10 Å². The average Bonchev–Trinajstić information content (AvgIpc) is 2.96. The molecule has 0 fully saturated rings. The van der Waals surface area contributed by atoms with Crippen molar-refractivity contribution in [3.63, 3.8) is 0 Å². The van der Waals surface area contributed by atoms with Crippen LogP contribution in [-0.4, -0.2) is 21.3 Å². The molecule has 0 aliphatic heterocycles. The maximum absolute atomic E-state index is 13.6. The van der Waals surface area contributed by atoms with Crippen LogP contribution in [0, 0.1) is 25.5 Å². The Kier molecular flexibility index (Phi) is 3.73. The number of nitrogens with zero attached hydrogens (tertiary/aromatic N) is 3. The van der Waals surface area contributed by atoms with Gasteiger partial charge in [-0.3, -0.25) is 4.79 Å². The Balaban J connectivity index is 2.28. The summed E-state index contributed by atoms with van der Waals surface area (Å²) in [6, 6.07) is 9.20. The third-order valence-corrected chi connectivity index (χ3v) is 3.59. The predicted molar refractivity (Wildman–Crippen MR) is 81.6 cm³/mol. The lowest BCUT2D eigenvalue weighted by Crippen LogP contribution is -2.03. The van der Waals surface area contributed by atoms with Crippen molar-refractivity contribution in [3.8, 4) is 16.9 Å². The maximum Gasteiger partial charge on any atom is 0.172 e. The van der Waals surface area contributed by atoms with Crippen molar-refractivity contribution < 1.29 is 13.6 Å². The lowest BCUT2D eigenvalue weighted by atomic mass is 10.1. The Hall–Kier alpha value is -2.89. The Labute approximate surface area is 131 Å². The molecular weight excluding hydrogens is 300 g/mol. The van der Waals surface area contributed by atoms with Crippen LogP contribution >= 0.6 is 0 Å². The minimum Gasteiger partial charge on any atom is -0.296 e. The maximum atomic E-state index is 13.6. The smallest absolute Gasteiger partial charge is 0.172 e. The molecule has 3 aromatic rings. The van der Waals surface area contributed by atoms with Crippen molar-refractivity contribution in [2.24, 2.45) is 0 Å². The number of carbonyl (C=O) groups excluding carboxylic acids is 1. The Morgan fingerprint density at radius 3 is 2.52 bits per heavy atom. The molecule has 6 heteroatoms. The van der Waals surface area contributed by atoms with Gasteiger partial charge in [0.1, 0.15) is 5.69 Å². The van der Waals surface area contributed by atoms with Gasteiger partial charge >= 0.3 is 0 Å². The van der Waals surface area contributed by atoms with Gasteiger partial charge in [0.05, 0.1) is 5.69 Å². The molecule has 0 atom stereocenters. The number of aromatic nitrogens is 3. The largest absolute Gasteiger partial charge is 0.296 e. The van der Waals surface area contributed by atoms with Gasteiger partial charge < -0.3 is 0 Å². The summed E-state index contributed by atoms with van der Waals surface area (Å²) in [6.07, 6.45) is 0.547. The minimum atomic E-state index is -0.993. The zero-order valence-electron chi connectivity index (χ0n) is 12.5. The van der Waals surface area contributed by atoms with E-state index in [-0.39, 0.29) is 5.69 Å². The second-order valence-electron chi connectivity index (χ2n) is 5.27. The van der Waals surface area contributed by atoms with Crippen molar-refractivity contribution in [2.75, 3.05) is 0 Å². The molecule has 0 amide bonds. The van der Waals surface area contributed by atoms with Crippen molar-refractivity contribution in [3.05, 3.63) is 64.9 Å². The van der Waals surface area contributed by atoms with Crippen molar-refractivity contribution in [1.29, 1.82) is 0 Å². The number of aryl methyl sites for hydroxylation is 2. The molecule has 2 aromatic carbocycles. The quantitative estimate of drug-likeness (QED) is 0.694. The van der Waals surface area contributed by atoms with E-state index >= 15 is 0 Å². The molecule has 0 bridgehead atoms. The van der Waals surface area contributed by atoms with E-state index in [1.165, 1.54) is 10.7 Å². The highest BCUT2D eigenvalue weighted by molar-refractivity contribution is 5.84. The van der Waals surface area contributed by atoms with Gasteiger partial charge in [-0.05, 0) is 49.2 Å². The van der Waals surface area contributed by atoms with Gasteiger partial charge in [0, 0.05) is 5.56 Å². The first-order chi connectivity index (χ1) is 11.0. The number of carbonyl (C=O) groups is 1. The fourth-order valence-electron chi connectivity index (χ4n) is 2.40. The van der Waals surface area contributed by atoms with Crippen molar-refractivity contribution in [1.82, 2.24) is 15.0 Å². The Bertz CT molecular complexity index is 903. The van der Waals surface area contributed by atoms with Gasteiger partial charge in [-0.25, -0.2) is 13.5 Å². The molecule has 116 valence electrons. The highest BCUT2D eigenvalue weighted by Crippen LogP contribution is 2.27. The van der Waals surface area contributed by atoms with Crippen LogP contribution in [0.4, 0.5) is 8.78 Å². The molecule has 0 N–H and O–H groups in total. The number of benzene rings is 2. The molecule has 0 saturated heterocycles. The van der Waals surface area contributed by atoms with E-state index < -0.39 is 11.6 Å². The van der Waals surface area contributed by atoms with Crippen LogP contribution in [0.2, 0.25) is 0 Å². The summed E-state index contributed by atoms with van der Waals surface area (Å²) in [5, 5.41) is 7.85. The van der Waals surface area contributed by atoms with Gasteiger partial charge in [0.2, 0.25) is 0 Å². The van der Waals surface area contributed by atoms with E-state index in [1.54, 1.807) is 0 Å². The fraction of sp³-hybridized carbons (Fsp3) is 0.118. The van der Waals surface area contributed by atoms with Crippen LogP contribution < -0.4 is 0 Å². The summed E-state index contributed by atoms with van der Waals surface area (Å²) >= 11 is 0. The van der Waals surface area contributed by atoms with E-state index in [9.17, 15) is 13.6 Å². The third kappa shape index (κ3) is 2.63. The SMILES string of the molecule is Cc1ccc(C)c(-n2nnc(C=O)c2-c2ccc(F)c(F)c2)c1. The van der Waals surface area contributed by atoms with Crippen LogP contribution in [0.15, 0.2) is 36.4 Å². The number of rotatable bonds is 3. The molecule has 4 nitrogen and oxygen atoms in total. The molecule has 1 heterocycles. The van der Waals surface area contributed by atoms with Crippen molar-refractivity contribution in [2.45, 2.75) is 13.8 Å². The third-order valence-electron chi connectivity index (χ3n) is 3.59. The van der Waals surface area contributed by atoms with Crippen molar-refractivity contribution >= 4 is 6.29 Å². The van der Waals surface area contributed by atoms with E-state index in [2.05, 4.69) is 10.3 Å². The standard InChI is InChI=1S/C17H13F2N3O/c1-10-3-4-11(2)16(7-10)22-17(15(9-23)20-21-22)12-5-6-13(18)14(19)8-12/h3-9H,1-2H3. The monoisotopic (exact) mass is 313 g/mol. The van der Waals surface area contributed by atoms with Crippen LogP contribution in [0.1, 0.15) is 21.6 Å². The van der Waals surface area contributed by atoms with E-state index in [0.29, 0.717) is 17.5 Å². The molecule has 23 heavy (non-hydrogen) atoms. The van der Waals surface area contributed by atoms with E-state index in [1.807, 2.05) is 32.0 Å². The predicted octanol–water partition coefficient (Wildman–Crippen LogP) is 3.64. The topological polar surface area (TPSA) is 47.8 Å². The highest BCUT2D eigenvalue weighted by atomic mass is 19.2. The fourth-order valence-corrected chi connectivity index (χ4v) is 2.40. The van der Waals surface area contributed by atoms with Crippen LogP contribution in [-0.2, 0) is 0 Å². The van der Waals surface area contributed by atoms with Gasteiger partial charge in [0.25, 0.3) is 0 Å². The summed E-state index contributed by atoms with van der Waals surface area (Å²) in [4.78, 5) is 11.3. The van der Waals surface area contributed by atoms with E-state index in [4.69, 9.17) is 0 Å².